The number of H-pyrrole nitrogens is 1. The molecule has 0 atom stereocenters. The molecule has 2 rings (SSSR count). The lowest BCUT2D eigenvalue weighted by molar-refractivity contribution is 0.238. The Hall–Kier alpha value is -1.97. The highest BCUT2D eigenvalue weighted by atomic mass is 16.2. The minimum atomic E-state index is -0.130. The summed E-state index contributed by atoms with van der Waals surface area (Å²) in [5, 5.41) is 6.86. The van der Waals surface area contributed by atoms with Crippen LogP contribution in [0.3, 0.4) is 0 Å². The number of rotatable bonds is 3. The Bertz CT molecular complexity index is 557. The van der Waals surface area contributed by atoms with Crippen molar-refractivity contribution < 1.29 is 4.79 Å². The summed E-state index contributed by atoms with van der Waals surface area (Å²) in [6.07, 6.45) is 0. The number of nitrogens with one attached hydrogen (secondary N) is 3. The Labute approximate surface area is 107 Å². The van der Waals surface area contributed by atoms with Gasteiger partial charge in [-0.2, -0.15) is 0 Å². The first-order valence-corrected chi connectivity index (χ1v) is 6.18. The minimum absolute atomic E-state index is 0.130. The quantitative estimate of drug-likeness (QED) is 0.765. The zero-order chi connectivity index (χ0) is 13.1. The van der Waals surface area contributed by atoms with Gasteiger partial charge in [-0.05, 0) is 32.4 Å². The average Bonchev–Trinajstić information content (AvgIpc) is 2.61. The molecule has 0 bridgehead atoms. The van der Waals surface area contributed by atoms with Gasteiger partial charge in [-0.1, -0.05) is 18.2 Å². The molecule has 0 spiro atoms. The second kappa shape index (κ2) is 5.12. The molecule has 0 fully saturated rings. The molecule has 2 aromatic rings. The largest absolute Gasteiger partial charge is 0.358 e. The second-order valence-electron chi connectivity index (χ2n) is 4.76. The van der Waals surface area contributed by atoms with Crippen molar-refractivity contribution in [2.75, 3.05) is 0 Å². The predicted octanol–water partition coefficient (Wildman–Crippen LogP) is 2.68. The Kier molecular flexibility index (Phi) is 3.55. The zero-order valence-electron chi connectivity index (χ0n) is 11.0. The molecule has 0 aliphatic rings. The molecule has 0 aliphatic heterocycles. The number of urea groups is 1. The van der Waals surface area contributed by atoms with Crippen LogP contribution in [0.25, 0.3) is 10.9 Å². The van der Waals surface area contributed by atoms with E-state index in [4.69, 9.17) is 0 Å². The van der Waals surface area contributed by atoms with Crippen LogP contribution in [0.15, 0.2) is 24.3 Å². The summed E-state index contributed by atoms with van der Waals surface area (Å²) in [6, 6.07) is 8.13. The molecule has 18 heavy (non-hydrogen) atoms. The van der Waals surface area contributed by atoms with Crippen LogP contribution in [-0.4, -0.2) is 17.1 Å². The number of carbonyl (C=O) groups is 1. The summed E-state index contributed by atoms with van der Waals surface area (Å²) in [5.74, 6) is 0. The molecule has 2 amide bonds. The third-order valence-corrected chi connectivity index (χ3v) is 2.87. The van der Waals surface area contributed by atoms with Crippen LogP contribution in [-0.2, 0) is 6.54 Å². The summed E-state index contributed by atoms with van der Waals surface area (Å²) in [7, 11) is 0. The molecule has 1 aromatic heterocycles. The van der Waals surface area contributed by atoms with Crippen LogP contribution in [0.5, 0.6) is 0 Å². The van der Waals surface area contributed by atoms with Gasteiger partial charge in [-0.3, -0.25) is 0 Å². The first-order valence-electron chi connectivity index (χ1n) is 6.18. The number of para-hydroxylation sites is 1. The molecule has 0 saturated heterocycles. The molecule has 1 aromatic carbocycles. The van der Waals surface area contributed by atoms with Crippen LogP contribution >= 0.6 is 0 Å². The Morgan fingerprint density at radius 2 is 2.06 bits per heavy atom. The van der Waals surface area contributed by atoms with Gasteiger partial charge in [-0.25, -0.2) is 4.79 Å². The topological polar surface area (TPSA) is 56.9 Å². The molecule has 0 saturated carbocycles. The lowest BCUT2D eigenvalue weighted by Crippen LogP contribution is -2.39. The molecule has 4 nitrogen and oxygen atoms in total. The number of aromatic amines is 1. The number of aromatic nitrogens is 1. The number of carbonyl (C=O) groups excluding carboxylic acids is 1. The highest BCUT2D eigenvalue weighted by Crippen LogP contribution is 2.21. The second-order valence-corrected chi connectivity index (χ2v) is 4.76. The van der Waals surface area contributed by atoms with Crippen molar-refractivity contribution in [3.8, 4) is 0 Å². The highest BCUT2D eigenvalue weighted by molar-refractivity contribution is 5.85. The lowest BCUT2D eigenvalue weighted by Gasteiger charge is -2.10. The SMILES string of the molecule is Cc1[nH]c2ccccc2c1CNC(=O)NC(C)C. The molecule has 1 heterocycles. The lowest BCUT2D eigenvalue weighted by atomic mass is 10.1. The Morgan fingerprint density at radius 1 is 1.33 bits per heavy atom. The van der Waals surface area contributed by atoms with Crippen molar-refractivity contribution in [1.82, 2.24) is 15.6 Å². The highest BCUT2D eigenvalue weighted by Gasteiger charge is 2.09. The van der Waals surface area contributed by atoms with Crippen LogP contribution in [0.4, 0.5) is 4.79 Å². The van der Waals surface area contributed by atoms with Crippen molar-refractivity contribution in [3.05, 3.63) is 35.5 Å². The Balaban J connectivity index is 2.12. The fraction of sp³-hybridized carbons (Fsp3) is 0.357. The van der Waals surface area contributed by atoms with Crippen LogP contribution in [0.1, 0.15) is 25.1 Å². The van der Waals surface area contributed by atoms with Gasteiger partial charge in [0, 0.05) is 29.2 Å². The van der Waals surface area contributed by atoms with Gasteiger partial charge in [0.05, 0.1) is 0 Å². The van der Waals surface area contributed by atoms with E-state index >= 15 is 0 Å². The van der Waals surface area contributed by atoms with Crippen LogP contribution < -0.4 is 10.6 Å². The molecular weight excluding hydrogens is 226 g/mol. The van der Waals surface area contributed by atoms with Crippen molar-refractivity contribution >= 4 is 16.9 Å². The van der Waals surface area contributed by atoms with E-state index in [0.29, 0.717) is 6.54 Å². The summed E-state index contributed by atoms with van der Waals surface area (Å²) in [5.41, 5.74) is 3.35. The smallest absolute Gasteiger partial charge is 0.315 e. The van der Waals surface area contributed by atoms with Gasteiger partial charge in [0.15, 0.2) is 0 Å². The summed E-state index contributed by atoms with van der Waals surface area (Å²) >= 11 is 0. The fourth-order valence-electron chi connectivity index (χ4n) is 2.04. The molecule has 3 N–H and O–H groups in total. The van der Waals surface area contributed by atoms with E-state index in [-0.39, 0.29) is 12.1 Å². The number of aryl methyl sites for hydroxylation is 1. The van der Waals surface area contributed by atoms with Gasteiger partial charge < -0.3 is 15.6 Å². The minimum Gasteiger partial charge on any atom is -0.358 e. The van der Waals surface area contributed by atoms with Gasteiger partial charge >= 0.3 is 6.03 Å². The van der Waals surface area contributed by atoms with Gasteiger partial charge in [0.25, 0.3) is 0 Å². The standard InChI is InChI=1S/C14H19N3O/c1-9(2)16-14(18)15-8-12-10(3)17-13-7-5-4-6-11(12)13/h4-7,9,17H,8H2,1-3H3,(H2,15,16,18). The van der Waals surface area contributed by atoms with E-state index in [1.807, 2.05) is 39.0 Å². The van der Waals surface area contributed by atoms with Gasteiger partial charge in [-0.15, -0.1) is 0 Å². The third-order valence-electron chi connectivity index (χ3n) is 2.87. The van der Waals surface area contributed by atoms with E-state index in [2.05, 4.69) is 21.7 Å². The first kappa shape index (κ1) is 12.5. The molecule has 0 unspecified atom stereocenters. The van der Waals surface area contributed by atoms with Crippen molar-refractivity contribution in [1.29, 1.82) is 0 Å². The van der Waals surface area contributed by atoms with Gasteiger partial charge in [0.1, 0.15) is 0 Å². The normalized spacial score (nSPS) is 10.9. The average molecular weight is 245 g/mol. The van der Waals surface area contributed by atoms with E-state index < -0.39 is 0 Å². The van der Waals surface area contributed by atoms with Crippen LogP contribution in [0.2, 0.25) is 0 Å². The van der Waals surface area contributed by atoms with E-state index in [0.717, 1.165) is 16.8 Å². The molecule has 0 aliphatic carbocycles. The first-order chi connectivity index (χ1) is 8.58. The Morgan fingerprint density at radius 3 is 2.78 bits per heavy atom. The monoisotopic (exact) mass is 245 g/mol. The maximum atomic E-state index is 11.6. The number of benzene rings is 1. The third kappa shape index (κ3) is 2.64. The van der Waals surface area contributed by atoms with Crippen molar-refractivity contribution in [2.24, 2.45) is 0 Å². The molecule has 96 valence electrons. The van der Waals surface area contributed by atoms with E-state index in [9.17, 15) is 4.79 Å². The summed E-state index contributed by atoms with van der Waals surface area (Å²) in [4.78, 5) is 14.9. The fourth-order valence-corrected chi connectivity index (χ4v) is 2.04. The molecule has 0 radical (unpaired) electrons. The summed E-state index contributed by atoms with van der Waals surface area (Å²) in [6.45, 7) is 6.44. The van der Waals surface area contributed by atoms with E-state index in [1.165, 1.54) is 5.39 Å². The number of amides is 2. The van der Waals surface area contributed by atoms with Crippen molar-refractivity contribution in [2.45, 2.75) is 33.4 Å². The van der Waals surface area contributed by atoms with Gasteiger partial charge in [0.2, 0.25) is 0 Å². The molecular formula is C14H19N3O. The van der Waals surface area contributed by atoms with Crippen LogP contribution in [0, 0.1) is 6.92 Å². The molecule has 4 heteroatoms. The maximum absolute atomic E-state index is 11.6. The summed E-state index contributed by atoms with van der Waals surface area (Å²) < 4.78 is 0. The van der Waals surface area contributed by atoms with Crippen molar-refractivity contribution in [3.63, 3.8) is 0 Å². The number of hydrogen-bond acceptors (Lipinski definition) is 1. The zero-order valence-corrected chi connectivity index (χ0v) is 11.0. The number of hydrogen-bond donors (Lipinski definition) is 3. The maximum Gasteiger partial charge on any atom is 0.315 e. The van der Waals surface area contributed by atoms with E-state index in [1.54, 1.807) is 0 Å². The number of fused-ring (bicyclic) bond motifs is 1. The predicted molar refractivity (Wildman–Crippen MR) is 73.5 cm³/mol.